The van der Waals surface area contributed by atoms with E-state index >= 15 is 0 Å². The summed E-state index contributed by atoms with van der Waals surface area (Å²) in [6.07, 6.45) is 0. The van der Waals surface area contributed by atoms with Gasteiger partial charge >= 0.3 is 0 Å². The highest BCUT2D eigenvalue weighted by Gasteiger charge is 2.23. The summed E-state index contributed by atoms with van der Waals surface area (Å²) in [5.41, 5.74) is 8.11. The van der Waals surface area contributed by atoms with Crippen molar-refractivity contribution in [3.8, 4) is 0 Å². The van der Waals surface area contributed by atoms with Gasteiger partial charge in [0.15, 0.2) is 0 Å². The molecule has 3 unspecified atom stereocenters. The fraction of sp³-hybridized carbons (Fsp3) is 0.571. The first-order valence-corrected chi connectivity index (χ1v) is 7.75. The molecular weight excluding hydrogens is 264 g/mol. The van der Waals surface area contributed by atoms with Gasteiger partial charge in [-0.05, 0) is 24.6 Å². The first kappa shape index (κ1) is 14.0. The second-order valence-electron chi connectivity index (χ2n) is 5.16. The lowest BCUT2D eigenvalue weighted by molar-refractivity contribution is 0.727. The predicted molar refractivity (Wildman–Crippen MR) is 82.8 cm³/mol. The monoisotopic (exact) mass is 284 g/mol. The molecule has 0 saturated carbocycles. The van der Waals surface area contributed by atoms with E-state index in [4.69, 9.17) is 17.3 Å². The molecule has 0 radical (unpaired) electrons. The lowest BCUT2D eigenvalue weighted by Crippen LogP contribution is -2.40. The zero-order chi connectivity index (χ0) is 13.3. The molecule has 1 fully saturated rings. The number of rotatable bonds is 2. The van der Waals surface area contributed by atoms with Gasteiger partial charge in [-0.3, -0.25) is 0 Å². The molecule has 3 atom stereocenters. The van der Waals surface area contributed by atoms with Gasteiger partial charge in [0.05, 0.1) is 10.7 Å². The van der Waals surface area contributed by atoms with E-state index in [9.17, 15) is 0 Å². The summed E-state index contributed by atoms with van der Waals surface area (Å²) >= 11 is 8.45. The SMILES string of the molecule is CC1CN(c2ccc(C(C)N)cc2Cl)CC(C)S1. The first-order chi connectivity index (χ1) is 8.47. The van der Waals surface area contributed by atoms with Gasteiger partial charge in [0, 0.05) is 29.6 Å². The van der Waals surface area contributed by atoms with E-state index in [0.29, 0.717) is 10.5 Å². The Morgan fingerprint density at radius 1 is 1.33 bits per heavy atom. The van der Waals surface area contributed by atoms with Gasteiger partial charge in [-0.25, -0.2) is 0 Å². The molecule has 1 aromatic carbocycles. The van der Waals surface area contributed by atoms with Gasteiger partial charge in [0.25, 0.3) is 0 Å². The molecule has 100 valence electrons. The molecule has 1 aliphatic rings. The van der Waals surface area contributed by atoms with Gasteiger partial charge in [-0.1, -0.05) is 31.5 Å². The van der Waals surface area contributed by atoms with Crippen LogP contribution in [0.4, 0.5) is 5.69 Å². The van der Waals surface area contributed by atoms with Crippen LogP contribution >= 0.6 is 23.4 Å². The summed E-state index contributed by atoms with van der Waals surface area (Å²) in [6.45, 7) is 8.65. The number of anilines is 1. The van der Waals surface area contributed by atoms with Crippen molar-refractivity contribution in [3.05, 3.63) is 28.8 Å². The maximum absolute atomic E-state index is 6.40. The van der Waals surface area contributed by atoms with Crippen LogP contribution in [0, 0.1) is 0 Å². The maximum Gasteiger partial charge on any atom is 0.0642 e. The van der Waals surface area contributed by atoms with Gasteiger partial charge < -0.3 is 10.6 Å². The van der Waals surface area contributed by atoms with E-state index in [1.165, 1.54) is 0 Å². The van der Waals surface area contributed by atoms with Crippen molar-refractivity contribution in [3.63, 3.8) is 0 Å². The highest BCUT2D eigenvalue weighted by molar-refractivity contribution is 8.00. The topological polar surface area (TPSA) is 29.3 Å². The van der Waals surface area contributed by atoms with Crippen LogP contribution in [-0.2, 0) is 0 Å². The Balaban J connectivity index is 2.22. The lowest BCUT2D eigenvalue weighted by atomic mass is 10.1. The average molecular weight is 285 g/mol. The molecule has 0 spiro atoms. The van der Waals surface area contributed by atoms with E-state index in [1.54, 1.807) is 0 Å². The van der Waals surface area contributed by atoms with Gasteiger partial charge in [0.2, 0.25) is 0 Å². The minimum atomic E-state index is 0.0336. The van der Waals surface area contributed by atoms with E-state index in [0.717, 1.165) is 29.4 Å². The van der Waals surface area contributed by atoms with E-state index in [2.05, 4.69) is 30.9 Å². The molecule has 1 saturated heterocycles. The Kier molecular flexibility index (Phi) is 4.46. The van der Waals surface area contributed by atoms with Crippen molar-refractivity contribution in [2.75, 3.05) is 18.0 Å². The summed E-state index contributed by atoms with van der Waals surface area (Å²) in [7, 11) is 0. The molecule has 0 amide bonds. The fourth-order valence-corrected chi connectivity index (χ4v) is 4.07. The van der Waals surface area contributed by atoms with Crippen molar-refractivity contribution in [1.82, 2.24) is 0 Å². The molecule has 18 heavy (non-hydrogen) atoms. The Labute approximate surface area is 119 Å². The Morgan fingerprint density at radius 3 is 2.44 bits per heavy atom. The highest BCUT2D eigenvalue weighted by atomic mass is 35.5. The summed E-state index contributed by atoms with van der Waals surface area (Å²) in [5, 5.41) is 2.12. The van der Waals surface area contributed by atoms with Crippen molar-refractivity contribution in [1.29, 1.82) is 0 Å². The third-order valence-corrected chi connectivity index (χ3v) is 4.79. The predicted octanol–water partition coefficient (Wildman–Crippen LogP) is 3.69. The van der Waals surface area contributed by atoms with Gasteiger partial charge in [-0.2, -0.15) is 11.8 Å². The van der Waals surface area contributed by atoms with Crippen LogP contribution in [0.25, 0.3) is 0 Å². The van der Waals surface area contributed by atoms with Crippen molar-refractivity contribution in [2.24, 2.45) is 5.73 Å². The standard InChI is InChI=1S/C14H21ClN2S/c1-9-7-17(8-10(2)18-9)14-5-4-12(11(3)16)6-13(14)15/h4-6,9-11H,7-8,16H2,1-3H3. The van der Waals surface area contributed by atoms with Crippen molar-refractivity contribution in [2.45, 2.75) is 37.3 Å². The van der Waals surface area contributed by atoms with E-state index in [-0.39, 0.29) is 6.04 Å². The van der Waals surface area contributed by atoms with E-state index in [1.807, 2.05) is 24.8 Å². The van der Waals surface area contributed by atoms with Crippen LogP contribution in [0.3, 0.4) is 0 Å². The first-order valence-electron chi connectivity index (χ1n) is 6.43. The molecule has 4 heteroatoms. The molecule has 0 aliphatic carbocycles. The molecule has 0 aromatic heterocycles. The molecule has 2 nitrogen and oxygen atoms in total. The van der Waals surface area contributed by atoms with E-state index < -0.39 is 0 Å². The Bertz CT molecular complexity index is 412. The fourth-order valence-electron chi connectivity index (χ4n) is 2.44. The number of benzene rings is 1. The van der Waals surface area contributed by atoms with Gasteiger partial charge in [0.1, 0.15) is 0 Å². The van der Waals surface area contributed by atoms with Crippen LogP contribution in [0.2, 0.25) is 5.02 Å². The number of hydrogen-bond acceptors (Lipinski definition) is 3. The highest BCUT2D eigenvalue weighted by Crippen LogP contribution is 2.33. The smallest absolute Gasteiger partial charge is 0.0642 e. The molecule has 1 heterocycles. The summed E-state index contributed by atoms with van der Waals surface area (Å²) in [5.74, 6) is 0. The molecule has 0 bridgehead atoms. The van der Waals surface area contributed by atoms with Crippen LogP contribution in [0.1, 0.15) is 32.4 Å². The summed E-state index contributed by atoms with van der Waals surface area (Å²) < 4.78 is 0. The van der Waals surface area contributed by atoms with Crippen molar-refractivity contribution < 1.29 is 0 Å². The van der Waals surface area contributed by atoms with Crippen LogP contribution < -0.4 is 10.6 Å². The Morgan fingerprint density at radius 2 is 1.94 bits per heavy atom. The number of thioether (sulfide) groups is 1. The quantitative estimate of drug-likeness (QED) is 0.898. The number of hydrogen-bond donors (Lipinski definition) is 1. The molecule has 2 N–H and O–H groups in total. The normalized spacial score (nSPS) is 26.2. The minimum absolute atomic E-state index is 0.0336. The summed E-state index contributed by atoms with van der Waals surface area (Å²) in [6, 6.07) is 6.23. The summed E-state index contributed by atoms with van der Waals surface area (Å²) in [4.78, 5) is 2.39. The number of nitrogens with two attached hydrogens (primary N) is 1. The number of nitrogens with zero attached hydrogens (tertiary/aromatic N) is 1. The third kappa shape index (κ3) is 3.14. The van der Waals surface area contributed by atoms with Crippen LogP contribution in [-0.4, -0.2) is 23.6 Å². The molecule has 1 aromatic rings. The molecule has 1 aliphatic heterocycles. The molecule has 2 rings (SSSR count). The average Bonchev–Trinajstić information content (AvgIpc) is 2.27. The number of halogens is 1. The van der Waals surface area contributed by atoms with Crippen LogP contribution in [0.15, 0.2) is 18.2 Å². The van der Waals surface area contributed by atoms with Gasteiger partial charge in [-0.15, -0.1) is 0 Å². The second-order valence-corrected chi connectivity index (χ2v) is 7.45. The van der Waals surface area contributed by atoms with Crippen molar-refractivity contribution >= 4 is 29.1 Å². The zero-order valence-corrected chi connectivity index (χ0v) is 12.8. The molecular formula is C14H21ClN2S. The second kappa shape index (κ2) is 5.72. The zero-order valence-electron chi connectivity index (χ0n) is 11.2. The maximum atomic E-state index is 6.40. The third-order valence-electron chi connectivity index (χ3n) is 3.26. The largest absolute Gasteiger partial charge is 0.368 e. The lowest BCUT2D eigenvalue weighted by Gasteiger charge is -2.36. The van der Waals surface area contributed by atoms with Crippen LogP contribution in [0.5, 0.6) is 0 Å². The Hall–Kier alpha value is -0.380. The minimum Gasteiger partial charge on any atom is -0.368 e.